The fourth-order valence-electron chi connectivity index (χ4n) is 2.80. The maximum Gasteiger partial charge on any atom is 0.248 e. The Balaban J connectivity index is 2.10. The zero-order chi connectivity index (χ0) is 15.4. The number of β-lactam (4-membered cyclic amide) rings is 1. The van der Waals surface area contributed by atoms with E-state index in [-0.39, 0.29) is 17.2 Å². The van der Waals surface area contributed by atoms with Gasteiger partial charge in [0.15, 0.2) is 15.2 Å². The van der Waals surface area contributed by atoms with Crippen molar-refractivity contribution in [2.75, 3.05) is 5.75 Å². The fraction of sp³-hybridized carbons (Fsp3) is 0.286. The first-order valence-corrected chi connectivity index (χ1v) is 8.16. The van der Waals surface area contributed by atoms with E-state index in [1.165, 1.54) is 0 Å². The van der Waals surface area contributed by atoms with Gasteiger partial charge in [0.2, 0.25) is 11.7 Å². The molecule has 0 saturated carbocycles. The quantitative estimate of drug-likeness (QED) is 0.616. The number of fused-ring (bicyclic) bond motifs is 1. The molecule has 0 aromatic heterocycles. The predicted molar refractivity (Wildman–Crippen MR) is 75.9 cm³/mol. The Bertz CT molecular complexity index is 767. The number of nitrogens with two attached hydrogens (primary N) is 1. The minimum Gasteiger partial charge on any atom is -0.317 e. The average molecular weight is 306 g/mol. The molecule has 2 aliphatic heterocycles. The van der Waals surface area contributed by atoms with Gasteiger partial charge in [-0.15, -0.1) is 0 Å². The lowest BCUT2D eigenvalue weighted by molar-refractivity contribution is -0.141. The molecule has 2 aliphatic rings. The molecule has 0 aliphatic carbocycles. The molecule has 110 valence electrons. The van der Waals surface area contributed by atoms with Gasteiger partial charge in [0.1, 0.15) is 6.04 Å². The molecule has 6 nitrogen and oxygen atoms in total. The highest BCUT2D eigenvalue weighted by Crippen LogP contribution is 2.36. The molecule has 2 atom stereocenters. The highest BCUT2D eigenvalue weighted by Gasteiger charge is 2.57. The third kappa shape index (κ3) is 1.92. The smallest absolute Gasteiger partial charge is 0.248 e. The maximum absolute atomic E-state index is 12.6. The summed E-state index contributed by atoms with van der Waals surface area (Å²) in [6, 6.07) is 7.38. The monoisotopic (exact) mass is 306 g/mol. The van der Waals surface area contributed by atoms with Gasteiger partial charge in [-0.25, -0.2) is 8.42 Å². The molecule has 0 bridgehead atoms. The number of hydrogen-bond acceptors (Lipinski definition) is 5. The van der Waals surface area contributed by atoms with Crippen molar-refractivity contribution < 1.29 is 18.0 Å². The summed E-state index contributed by atoms with van der Waals surface area (Å²) in [6.07, 6.45) is 0. The van der Waals surface area contributed by atoms with Crippen LogP contribution in [-0.4, -0.2) is 42.2 Å². The average Bonchev–Trinajstić information content (AvgIpc) is 2.45. The molecule has 0 spiro atoms. The van der Waals surface area contributed by atoms with E-state index in [1.54, 1.807) is 37.3 Å². The zero-order valence-electron chi connectivity index (χ0n) is 11.3. The topological polar surface area (TPSA) is 97.5 Å². The van der Waals surface area contributed by atoms with Gasteiger partial charge in [-0.2, -0.15) is 0 Å². The van der Waals surface area contributed by atoms with Gasteiger partial charge >= 0.3 is 0 Å². The molecule has 1 fully saturated rings. The van der Waals surface area contributed by atoms with Gasteiger partial charge in [0.05, 0.1) is 11.4 Å². The molecule has 1 saturated heterocycles. The third-order valence-electron chi connectivity index (χ3n) is 3.77. The standard InChI is InChI=1S/C14H14N2O4S/c1-8-7-21(19,20)14-10(15)13(18)16(14)11(8)12(17)9-5-3-2-4-6-9/h2-6,10,14H,7,15H2,1H3/t10?,14-/m1/s1. The molecule has 3 rings (SSSR count). The van der Waals surface area contributed by atoms with E-state index >= 15 is 0 Å². The van der Waals surface area contributed by atoms with E-state index in [4.69, 9.17) is 5.73 Å². The molecule has 0 radical (unpaired) electrons. The molecular formula is C14H14N2O4S. The second kappa shape index (κ2) is 4.51. The van der Waals surface area contributed by atoms with Crippen LogP contribution in [0.15, 0.2) is 41.6 Å². The van der Waals surface area contributed by atoms with Crippen LogP contribution in [0.4, 0.5) is 0 Å². The summed E-state index contributed by atoms with van der Waals surface area (Å²) in [7, 11) is -3.53. The normalized spacial score (nSPS) is 27.1. The molecule has 1 amide bonds. The Morgan fingerprint density at radius 3 is 2.52 bits per heavy atom. The van der Waals surface area contributed by atoms with Crippen LogP contribution < -0.4 is 5.73 Å². The third-order valence-corrected chi connectivity index (χ3v) is 5.84. The van der Waals surface area contributed by atoms with Gasteiger partial charge in [0.25, 0.3) is 0 Å². The van der Waals surface area contributed by atoms with Crippen LogP contribution in [0.5, 0.6) is 0 Å². The molecule has 1 unspecified atom stereocenters. The van der Waals surface area contributed by atoms with Crippen LogP contribution >= 0.6 is 0 Å². The number of carbonyl (C=O) groups excluding carboxylic acids is 2. The van der Waals surface area contributed by atoms with E-state index in [9.17, 15) is 18.0 Å². The van der Waals surface area contributed by atoms with E-state index in [1.807, 2.05) is 0 Å². The Kier molecular flexibility index (Phi) is 3.00. The van der Waals surface area contributed by atoms with Crippen LogP contribution in [0.2, 0.25) is 0 Å². The zero-order valence-corrected chi connectivity index (χ0v) is 12.1. The summed E-state index contributed by atoms with van der Waals surface area (Å²) in [5, 5.41) is -1.11. The van der Waals surface area contributed by atoms with Crippen molar-refractivity contribution in [1.29, 1.82) is 0 Å². The molecule has 2 N–H and O–H groups in total. The number of sulfone groups is 1. The number of carbonyl (C=O) groups is 2. The number of allylic oxidation sites excluding steroid dienone is 1. The molecule has 7 heteroatoms. The lowest BCUT2D eigenvalue weighted by atomic mass is 9.98. The van der Waals surface area contributed by atoms with Crippen molar-refractivity contribution in [1.82, 2.24) is 4.90 Å². The van der Waals surface area contributed by atoms with Crippen molar-refractivity contribution in [2.24, 2.45) is 5.73 Å². The summed E-state index contributed by atoms with van der Waals surface area (Å²) < 4.78 is 24.2. The second-order valence-corrected chi connectivity index (χ2v) is 7.35. The molecule has 1 aromatic rings. The van der Waals surface area contributed by atoms with Gasteiger partial charge in [-0.3, -0.25) is 14.5 Å². The first-order chi connectivity index (χ1) is 9.84. The molecule has 21 heavy (non-hydrogen) atoms. The van der Waals surface area contributed by atoms with Crippen LogP contribution in [0.3, 0.4) is 0 Å². The lowest BCUT2D eigenvalue weighted by Crippen LogP contribution is -2.73. The second-order valence-electron chi connectivity index (χ2n) is 5.26. The number of amides is 1. The summed E-state index contributed by atoms with van der Waals surface area (Å²) in [5.41, 5.74) is 6.53. The SMILES string of the molecule is CC1=C(C(=O)c2ccccc2)N2C(=O)C(N)[C@H]2S(=O)(=O)C1. The number of nitrogens with zero attached hydrogens (tertiary/aromatic N) is 1. The summed E-state index contributed by atoms with van der Waals surface area (Å²) in [6.45, 7) is 1.56. The Labute approximate surface area is 122 Å². The van der Waals surface area contributed by atoms with Gasteiger partial charge in [-0.1, -0.05) is 30.3 Å². The Hall–Kier alpha value is -1.99. The summed E-state index contributed by atoms with van der Waals surface area (Å²) >= 11 is 0. The first-order valence-electron chi connectivity index (χ1n) is 6.44. The number of Topliss-reactive ketones (excluding diaryl/α,β-unsaturated/α-hetero) is 1. The van der Waals surface area contributed by atoms with E-state index in [2.05, 4.69) is 0 Å². The lowest BCUT2D eigenvalue weighted by Gasteiger charge is -2.48. The van der Waals surface area contributed by atoms with E-state index < -0.39 is 27.2 Å². The summed E-state index contributed by atoms with van der Waals surface area (Å²) in [4.78, 5) is 25.5. The largest absolute Gasteiger partial charge is 0.317 e. The minimum atomic E-state index is -3.53. The van der Waals surface area contributed by atoms with Crippen molar-refractivity contribution in [3.8, 4) is 0 Å². The van der Waals surface area contributed by atoms with E-state index in [0.29, 0.717) is 11.1 Å². The number of benzene rings is 1. The Morgan fingerprint density at radius 1 is 1.29 bits per heavy atom. The highest BCUT2D eigenvalue weighted by atomic mass is 32.2. The minimum absolute atomic E-state index is 0.146. The van der Waals surface area contributed by atoms with Crippen molar-refractivity contribution >= 4 is 21.5 Å². The van der Waals surface area contributed by atoms with Crippen LogP contribution in [-0.2, 0) is 14.6 Å². The number of rotatable bonds is 2. The van der Waals surface area contributed by atoms with Gasteiger partial charge in [-0.05, 0) is 12.5 Å². The van der Waals surface area contributed by atoms with E-state index in [0.717, 1.165) is 4.90 Å². The molecule has 1 aromatic carbocycles. The molecule has 2 heterocycles. The van der Waals surface area contributed by atoms with Gasteiger partial charge < -0.3 is 5.73 Å². The molecular weight excluding hydrogens is 292 g/mol. The van der Waals surface area contributed by atoms with Gasteiger partial charge in [0, 0.05) is 5.56 Å². The fourth-order valence-corrected chi connectivity index (χ4v) is 4.80. The van der Waals surface area contributed by atoms with Crippen molar-refractivity contribution in [3.05, 3.63) is 47.2 Å². The maximum atomic E-state index is 12.6. The predicted octanol–water partition coefficient (Wildman–Crippen LogP) is 0.0673. The number of ketones is 1. The summed E-state index contributed by atoms with van der Waals surface area (Å²) in [5.74, 6) is -1.13. The van der Waals surface area contributed by atoms with Crippen molar-refractivity contribution in [3.63, 3.8) is 0 Å². The first kappa shape index (κ1) is 14.0. The van der Waals surface area contributed by atoms with Crippen LogP contribution in [0.25, 0.3) is 0 Å². The van der Waals surface area contributed by atoms with Crippen LogP contribution in [0.1, 0.15) is 17.3 Å². The van der Waals surface area contributed by atoms with Crippen LogP contribution in [0, 0.1) is 0 Å². The Morgan fingerprint density at radius 2 is 1.90 bits per heavy atom. The number of hydrogen-bond donors (Lipinski definition) is 1. The highest BCUT2D eigenvalue weighted by molar-refractivity contribution is 7.92. The van der Waals surface area contributed by atoms with Crippen molar-refractivity contribution in [2.45, 2.75) is 18.3 Å².